The summed E-state index contributed by atoms with van der Waals surface area (Å²) in [5, 5.41) is 3.66. The first kappa shape index (κ1) is 14.5. The zero-order valence-electron chi connectivity index (χ0n) is 12.5. The maximum absolute atomic E-state index is 5.98. The fourth-order valence-electron chi connectivity index (χ4n) is 3.39. The molecule has 1 N–H and O–H groups in total. The molecule has 0 radical (unpaired) electrons. The minimum absolute atomic E-state index is 0.0115. The van der Waals surface area contributed by atoms with Crippen molar-refractivity contribution >= 4 is 0 Å². The molecule has 1 fully saturated rings. The van der Waals surface area contributed by atoms with Gasteiger partial charge in [-0.05, 0) is 36.9 Å². The van der Waals surface area contributed by atoms with Crippen LogP contribution in [0.25, 0.3) is 0 Å². The maximum Gasteiger partial charge on any atom is 0.0872 e. The molecule has 2 rings (SSSR count). The molecule has 2 nitrogen and oxygen atoms in total. The van der Waals surface area contributed by atoms with E-state index in [0.29, 0.717) is 6.04 Å². The summed E-state index contributed by atoms with van der Waals surface area (Å²) in [5.74, 6) is 0. The second-order valence-corrected chi connectivity index (χ2v) is 5.57. The third-order valence-corrected chi connectivity index (χ3v) is 4.48. The summed E-state index contributed by atoms with van der Waals surface area (Å²) in [4.78, 5) is 0. The van der Waals surface area contributed by atoms with Gasteiger partial charge < -0.3 is 10.1 Å². The maximum atomic E-state index is 5.98. The number of benzene rings is 1. The Balaban J connectivity index is 2.32. The van der Waals surface area contributed by atoms with Gasteiger partial charge in [-0.25, -0.2) is 0 Å². The van der Waals surface area contributed by atoms with Crippen LogP contribution in [0.4, 0.5) is 0 Å². The van der Waals surface area contributed by atoms with Gasteiger partial charge in [0.2, 0.25) is 0 Å². The number of likely N-dealkylation sites (N-methyl/N-ethyl adjacent to an activating group) is 1. The highest BCUT2D eigenvalue weighted by Gasteiger charge is 2.41. The molecule has 1 aromatic carbocycles. The number of nitrogens with one attached hydrogen (secondary N) is 1. The predicted molar refractivity (Wildman–Crippen MR) is 80.4 cm³/mol. The van der Waals surface area contributed by atoms with Crippen LogP contribution in [-0.2, 0) is 11.2 Å². The lowest BCUT2D eigenvalue weighted by atomic mass is 9.86. The monoisotopic (exact) mass is 261 g/mol. The molecule has 1 atom stereocenters. The average molecular weight is 261 g/mol. The molecule has 1 saturated carbocycles. The predicted octanol–water partition coefficient (Wildman–Crippen LogP) is 3.86. The lowest BCUT2D eigenvalue weighted by Gasteiger charge is -2.37. The van der Waals surface area contributed by atoms with E-state index < -0.39 is 0 Å². The second-order valence-electron chi connectivity index (χ2n) is 5.57. The van der Waals surface area contributed by atoms with Crippen molar-refractivity contribution in [3.8, 4) is 0 Å². The van der Waals surface area contributed by atoms with Crippen LogP contribution in [0.2, 0.25) is 0 Å². The van der Waals surface area contributed by atoms with Gasteiger partial charge in [0.15, 0.2) is 0 Å². The van der Waals surface area contributed by atoms with Crippen molar-refractivity contribution in [2.24, 2.45) is 0 Å². The van der Waals surface area contributed by atoms with Crippen molar-refractivity contribution in [1.29, 1.82) is 0 Å². The highest BCUT2D eigenvalue weighted by atomic mass is 16.5. The molecule has 1 aliphatic carbocycles. The van der Waals surface area contributed by atoms with Gasteiger partial charge in [0, 0.05) is 7.11 Å². The van der Waals surface area contributed by atoms with Crippen LogP contribution in [0.3, 0.4) is 0 Å². The average Bonchev–Trinajstić information content (AvgIpc) is 2.94. The summed E-state index contributed by atoms with van der Waals surface area (Å²) < 4.78 is 5.98. The Labute approximate surface area is 117 Å². The standard InChI is InChI=1S/C17H27NO/c1-4-14-9-8-10-15(13-14)16(18-5-2)17(19-3)11-6-7-12-17/h8-10,13,16,18H,4-7,11-12H2,1-3H3. The SMILES string of the molecule is CCNC(c1cccc(CC)c1)C1(OC)CCCC1. The van der Waals surface area contributed by atoms with E-state index in [0.717, 1.165) is 25.8 Å². The van der Waals surface area contributed by atoms with E-state index in [2.05, 4.69) is 43.4 Å². The number of ether oxygens (including phenoxy) is 1. The smallest absolute Gasteiger partial charge is 0.0872 e. The van der Waals surface area contributed by atoms with Gasteiger partial charge in [0.1, 0.15) is 0 Å². The first-order valence-electron chi connectivity index (χ1n) is 7.63. The molecule has 0 bridgehead atoms. The Kier molecular flexibility index (Phi) is 5.00. The number of methoxy groups -OCH3 is 1. The van der Waals surface area contributed by atoms with E-state index in [9.17, 15) is 0 Å². The molecule has 19 heavy (non-hydrogen) atoms. The molecule has 1 unspecified atom stereocenters. The summed E-state index contributed by atoms with van der Waals surface area (Å²) in [7, 11) is 1.87. The van der Waals surface area contributed by atoms with Gasteiger partial charge in [-0.15, -0.1) is 0 Å². The molecule has 2 heteroatoms. The zero-order valence-corrected chi connectivity index (χ0v) is 12.5. The minimum Gasteiger partial charge on any atom is -0.376 e. The number of hydrogen-bond acceptors (Lipinski definition) is 2. The Morgan fingerprint density at radius 1 is 1.26 bits per heavy atom. The molecule has 1 aromatic rings. The molecule has 0 spiro atoms. The van der Waals surface area contributed by atoms with Gasteiger partial charge in [0.25, 0.3) is 0 Å². The molecular weight excluding hydrogens is 234 g/mol. The third kappa shape index (κ3) is 3.01. The molecule has 0 aromatic heterocycles. The van der Waals surface area contributed by atoms with Crippen molar-refractivity contribution < 1.29 is 4.74 Å². The second kappa shape index (κ2) is 6.53. The van der Waals surface area contributed by atoms with Crippen LogP contribution in [0, 0.1) is 0 Å². The highest BCUT2D eigenvalue weighted by Crippen LogP contribution is 2.42. The fraction of sp³-hybridized carbons (Fsp3) is 0.647. The largest absolute Gasteiger partial charge is 0.376 e. The van der Waals surface area contributed by atoms with Crippen LogP contribution < -0.4 is 5.32 Å². The van der Waals surface area contributed by atoms with Crippen molar-refractivity contribution in [2.75, 3.05) is 13.7 Å². The van der Waals surface area contributed by atoms with Crippen LogP contribution in [-0.4, -0.2) is 19.3 Å². The topological polar surface area (TPSA) is 21.3 Å². The molecule has 0 amide bonds. The van der Waals surface area contributed by atoms with E-state index in [1.54, 1.807) is 0 Å². The Morgan fingerprint density at radius 3 is 2.58 bits per heavy atom. The highest BCUT2D eigenvalue weighted by molar-refractivity contribution is 5.28. The van der Waals surface area contributed by atoms with Crippen molar-refractivity contribution in [2.45, 2.75) is 57.6 Å². The molecule has 0 saturated heterocycles. The third-order valence-electron chi connectivity index (χ3n) is 4.48. The fourth-order valence-corrected chi connectivity index (χ4v) is 3.39. The lowest BCUT2D eigenvalue weighted by Crippen LogP contribution is -2.43. The zero-order chi connectivity index (χ0) is 13.7. The molecule has 0 heterocycles. The van der Waals surface area contributed by atoms with Gasteiger partial charge in [-0.1, -0.05) is 51.0 Å². The first-order chi connectivity index (χ1) is 9.25. The van der Waals surface area contributed by atoms with E-state index in [-0.39, 0.29) is 5.60 Å². The quantitative estimate of drug-likeness (QED) is 0.839. The van der Waals surface area contributed by atoms with E-state index in [1.165, 1.54) is 24.0 Å². The van der Waals surface area contributed by atoms with Gasteiger partial charge in [-0.3, -0.25) is 0 Å². The summed E-state index contributed by atoms with van der Waals surface area (Å²) >= 11 is 0. The molecule has 106 valence electrons. The normalized spacial score (nSPS) is 19.5. The van der Waals surface area contributed by atoms with E-state index in [1.807, 2.05) is 7.11 Å². The van der Waals surface area contributed by atoms with Gasteiger partial charge in [-0.2, -0.15) is 0 Å². The van der Waals surface area contributed by atoms with Gasteiger partial charge in [0.05, 0.1) is 11.6 Å². The molecular formula is C17H27NO. The van der Waals surface area contributed by atoms with Crippen molar-refractivity contribution in [1.82, 2.24) is 5.32 Å². The first-order valence-corrected chi connectivity index (χ1v) is 7.63. The van der Waals surface area contributed by atoms with Crippen LogP contribution in [0.1, 0.15) is 56.7 Å². The van der Waals surface area contributed by atoms with Gasteiger partial charge >= 0.3 is 0 Å². The number of hydrogen-bond donors (Lipinski definition) is 1. The lowest BCUT2D eigenvalue weighted by molar-refractivity contribution is -0.0364. The summed E-state index contributed by atoms with van der Waals surface area (Å²) in [6.07, 6.45) is 5.98. The summed E-state index contributed by atoms with van der Waals surface area (Å²) in [6, 6.07) is 9.28. The summed E-state index contributed by atoms with van der Waals surface area (Å²) in [5.41, 5.74) is 2.78. The van der Waals surface area contributed by atoms with E-state index >= 15 is 0 Å². The Bertz CT molecular complexity index is 396. The van der Waals surface area contributed by atoms with Crippen LogP contribution in [0.5, 0.6) is 0 Å². The Hall–Kier alpha value is -0.860. The summed E-state index contributed by atoms with van der Waals surface area (Å²) in [6.45, 7) is 5.37. The number of rotatable bonds is 6. The minimum atomic E-state index is -0.0115. The van der Waals surface area contributed by atoms with Crippen LogP contribution >= 0.6 is 0 Å². The number of aryl methyl sites for hydroxylation is 1. The van der Waals surface area contributed by atoms with Crippen molar-refractivity contribution in [3.63, 3.8) is 0 Å². The Morgan fingerprint density at radius 2 is 2.00 bits per heavy atom. The van der Waals surface area contributed by atoms with E-state index in [4.69, 9.17) is 4.74 Å². The van der Waals surface area contributed by atoms with Crippen LogP contribution in [0.15, 0.2) is 24.3 Å². The molecule has 0 aliphatic heterocycles. The van der Waals surface area contributed by atoms with Crippen molar-refractivity contribution in [3.05, 3.63) is 35.4 Å². The molecule has 1 aliphatic rings.